The van der Waals surface area contributed by atoms with Gasteiger partial charge in [0, 0.05) is 5.57 Å². The van der Waals surface area contributed by atoms with Gasteiger partial charge in [0.1, 0.15) is 0 Å². The van der Waals surface area contributed by atoms with Crippen molar-refractivity contribution in [3.8, 4) is 0 Å². The molecule has 142 valence electrons. The second kappa shape index (κ2) is 5.58. The molecule has 7 atom stereocenters. The van der Waals surface area contributed by atoms with Gasteiger partial charge in [-0.1, -0.05) is 25.5 Å². The number of hydrogen-bond donors (Lipinski definition) is 2. The summed E-state index contributed by atoms with van der Waals surface area (Å²) in [5, 5.41) is 20.6. The zero-order valence-corrected chi connectivity index (χ0v) is 16.3. The summed E-state index contributed by atoms with van der Waals surface area (Å²) in [5.74, 6) is 1.80. The van der Waals surface area contributed by atoms with Crippen molar-refractivity contribution in [2.75, 3.05) is 0 Å². The van der Waals surface area contributed by atoms with Crippen LogP contribution < -0.4 is 0 Å². The molecule has 4 aliphatic carbocycles. The average Bonchev–Trinajstić information content (AvgIpc) is 2.84. The van der Waals surface area contributed by atoms with E-state index in [1.54, 1.807) is 6.08 Å². The maximum Gasteiger partial charge on any atom is 0.184 e. The van der Waals surface area contributed by atoms with Gasteiger partial charge >= 0.3 is 0 Å². The third-order valence-corrected chi connectivity index (χ3v) is 9.03. The number of fused-ring (bicyclic) bond motifs is 5. The van der Waals surface area contributed by atoms with Crippen molar-refractivity contribution in [1.82, 2.24) is 0 Å². The minimum atomic E-state index is -0.593. The summed E-state index contributed by atoms with van der Waals surface area (Å²) in [5.41, 5.74) is 1.09. The van der Waals surface area contributed by atoms with Crippen LogP contribution >= 0.6 is 0 Å². The van der Waals surface area contributed by atoms with E-state index in [1.165, 1.54) is 5.57 Å². The smallest absolute Gasteiger partial charge is 0.184 e. The van der Waals surface area contributed by atoms with Crippen LogP contribution in [0, 0.1) is 34.5 Å². The standard InChI is InChI=1S/C23H32O3/c1-5-14-10-16-11-19(25)15(13-24)12-21(16,2)17-6-8-22(3)18(20(14)17)7-9-23(22,4)26/h5,11,13-14,17-18,20,24,26H,1,6-10,12H2,2-4H3/b15-13-/t14-,17+,18+,20-,21+,22+,23+/m1/s1. The van der Waals surface area contributed by atoms with Gasteiger partial charge in [-0.2, -0.15) is 0 Å². The van der Waals surface area contributed by atoms with E-state index in [-0.39, 0.29) is 16.6 Å². The third kappa shape index (κ3) is 2.13. The normalized spacial score (nSPS) is 52.1. The molecule has 26 heavy (non-hydrogen) atoms. The molecule has 4 aliphatic rings. The summed E-state index contributed by atoms with van der Waals surface area (Å²) >= 11 is 0. The number of carbonyl (C=O) groups excluding carboxylic acids is 1. The quantitative estimate of drug-likeness (QED) is 0.405. The predicted molar refractivity (Wildman–Crippen MR) is 102 cm³/mol. The summed E-state index contributed by atoms with van der Waals surface area (Å²) < 4.78 is 0. The molecule has 0 saturated heterocycles. The molecule has 0 unspecified atom stereocenters. The van der Waals surface area contributed by atoms with Gasteiger partial charge in [-0.15, -0.1) is 6.58 Å². The molecular formula is C23H32O3. The Balaban J connectivity index is 1.80. The first-order valence-electron chi connectivity index (χ1n) is 10.1. The molecule has 0 heterocycles. The van der Waals surface area contributed by atoms with E-state index >= 15 is 0 Å². The molecule has 2 N–H and O–H groups in total. The van der Waals surface area contributed by atoms with Crippen molar-refractivity contribution in [3.05, 3.63) is 36.1 Å². The van der Waals surface area contributed by atoms with E-state index in [4.69, 9.17) is 0 Å². The molecular weight excluding hydrogens is 324 g/mol. The van der Waals surface area contributed by atoms with Crippen molar-refractivity contribution in [2.45, 2.75) is 64.9 Å². The first kappa shape index (κ1) is 18.0. The molecule has 0 aromatic heterocycles. The Morgan fingerprint density at radius 1 is 1.19 bits per heavy atom. The van der Waals surface area contributed by atoms with Gasteiger partial charge in [0.05, 0.1) is 11.9 Å². The summed E-state index contributed by atoms with van der Waals surface area (Å²) in [7, 11) is 0. The molecule has 0 aromatic rings. The topological polar surface area (TPSA) is 57.5 Å². The van der Waals surface area contributed by atoms with Crippen molar-refractivity contribution in [1.29, 1.82) is 0 Å². The minimum absolute atomic E-state index is 0.0346. The SMILES string of the molecule is C=C[C@@H]1CC2=CC(=O)/C(=C\O)C[C@]2(C)[C@H]2CC[C@@]3(C)[C@@H](CC[C@]3(C)O)[C@H]12. The second-order valence-electron chi connectivity index (χ2n) is 9.95. The van der Waals surface area contributed by atoms with Gasteiger partial charge in [-0.3, -0.25) is 4.79 Å². The van der Waals surface area contributed by atoms with Crippen LogP contribution in [0.25, 0.3) is 0 Å². The highest BCUT2D eigenvalue weighted by Crippen LogP contribution is 2.68. The molecule has 0 amide bonds. The van der Waals surface area contributed by atoms with Crippen LogP contribution in [0.15, 0.2) is 36.1 Å². The largest absolute Gasteiger partial charge is 0.515 e. The first-order valence-corrected chi connectivity index (χ1v) is 10.1. The Hall–Kier alpha value is -1.35. The second-order valence-corrected chi connectivity index (χ2v) is 9.95. The molecule has 0 radical (unpaired) electrons. The summed E-state index contributed by atoms with van der Waals surface area (Å²) in [6.07, 6.45) is 10.5. The Labute approximate surface area is 156 Å². The van der Waals surface area contributed by atoms with Crippen molar-refractivity contribution in [2.24, 2.45) is 34.5 Å². The van der Waals surface area contributed by atoms with Gasteiger partial charge < -0.3 is 10.2 Å². The third-order valence-electron chi connectivity index (χ3n) is 9.03. The Morgan fingerprint density at radius 2 is 1.88 bits per heavy atom. The van der Waals surface area contributed by atoms with Gasteiger partial charge in [0.15, 0.2) is 5.78 Å². The Morgan fingerprint density at radius 3 is 2.54 bits per heavy atom. The monoisotopic (exact) mass is 356 g/mol. The van der Waals surface area contributed by atoms with Crippen molar-refractivity contribution < 1.29 is 15.0 Å². The summed E-state index contributed by atoms with van der Waals surface area (Å²) in [4.78, 5) is 12.3. The molecule has 0 spiro atoms. The van der Waals surface area contributed by atoms with E-state index in [9.17, 15) is 15.0 Å². The number of aliphatic hydroxyl groups excluding tert-OH is 1. The lowest BCUT2D eigenvalue weighted by Crippen LogP contribution is -2.56. The van der Waals surface area contributed by atoms with Crippen LogP contribution in [-0.2, 0) is 4.79 Å². The molecule has 0 aliphatic heterocycles. The van der Waals surface area contributed by atoms with Crippen LogP contribution in [0.5, 0.6) is 0 Å². The zero-order valence-electron chi connectivity index (χ0n) is 16.3. The Kier molecular flexibility index (Phi) is 3.87. The van der Waals surface area contributed by atoms with Crippen LogP contribution in [0.1, 0.15) is 59.3 Å². The molecule has 3 heteroatoms. The van der Waals surface area contributed by atoms with Crippen LogP contribution in [0.2, 0.25) is 0 Å². The number of rotatable bonds is 1. The number of hydrogen-bond acceptors (Lipinski definition) is 3. The van der Waals surface area contributed by atoms with E-state index in [0.717, 1.165) is 38.4 Å². The highest BCUT2D eigenvalue weighted by molar-refractivity contribution is 6.05. The first-order chi connectivity index (χ1) is 12.2. The van der Waals surface area contributed by atoms with Crippen LogP contribution in [0.3, 0.4) is 0 Å². The maximum atomic E-state index is 12.3. The fourth-order valence-corrected chi connectivity index (χ4v) is 7.19. The predicted octanol–water partition coefficient (Wildman–Crippen LogP) is 4.73. The number of aliphatic hydroxyl groups is 2. The van der Waals surface area contributed by atoms with Gasteiger partial charge in [-0.05, 0) is 86.0 Å². The van der Waals surface area contributed by atoms with Gasteiger partial charge in [-0.25, -0.2) is 0 Å². The highest BCUT2D eigenvalue weighted by Gasteiger charge is 2.64. The zero-order chi connectivity index (χ0) is 18.9. The minimum Gasteiger partial charge on any atom is -0.515 e. The Bertz CT molecular complexity index is 715. The lowest BCUT2D eigenvalue weighted by atomic mass is 9.44. The highest BCUT2D eigenvalue weighted by atomic mass is 16.3. The van der Waals surface area contributed by atoms with Gasteiger partial charge in [0.25, 0.3) is 0 Å². The van der Waals surface area contributed by atoms with E-state index < -0.39 is 5.60 Å². The van der Waals surface area contributed by atoms with E-state index in [0.29, 0.717) is 35.7 Å². The number of allylic oxidation sites excluding steroid dienone is 3. The number of carbonyl (C=O) groups is 1. The summed E-state index contributed by atoms with van der Waals surface area (Å²) in [6.45, 7) is 10.7. The van der Waals surface area contributed by atoms with E-state index in [2.05, 4.69) is 26.5 Å². The number of ketones is 1. The lowest BCUT2D eigenvalue weighted by Gasteiger charge is -2.60. The maximum absolute atomic E-state index is 12.3. The van der Waals surface area contributed by atoms with Crippen LogP contribution in [0.4, 0.5) is 0 Å². The molecule has 3 fully saturated rings. The molecule has 0 aromatic carbocycles. The van der Waals surface area contributed by atoms with Gasteiger partial charge in [0.2, 0.25) is 0 Å². The van der Waals surface area contributed by atoms with E-state index in [1.807, 2.05) is 6.92 Å². The lowest BCUT2D eigenvalue weighted by molar-refractivity contribution is -0.127. The molecule has 3 nitrogen and oxygen atoms in total. The van der Waals surface area contributed by atoms with Crippen LogP contribution in [-0.4, -0.2) is 21.6 Å². The van der Waals surface area contributed by atoms with Crippen molar-refractivity contribution >= 4 is 5.78 Å². The molecule has 0 bridgehead atoms. The summed E-state index contributed by atoms with van der Waals surface area (Å²) in [6, 6.07) is 0. The molecule has 4 rings (SSSR count). The molecule has 3 saturated carbocycles. The fraction of sp³-hybridized carbons (Fsp3) is 0.696. The van der Waals surface area contributed by atoms with Crippen molar-refractivity contribution in [3.63, 3.8) is 0 Å². The fourth-order valence-electron chi connectivity index (χ4n) is 7.19. The average molecular weight is 357 g/mol.